The Labute approximate surface area is 247 Å². The van der Waals surface area contributed by atoms with Gasteiger partial charge in [0.05, 0.1) is 18.6 Å². The van der Waals surface area contributed by atoms with Crippen molar-refractivity contribution in [3.8, 4) is 22.3 Å². The van der Waals surface area contributed by atoms with Crippen LogP contribution in [0, 0.1) is 17.5 Å². The highest BCUT2D eigenvalue weighted by Gasteiger charge is 2.30. The molecule has 10 heteroatoms. The van der Waals surface area contributed by atoms with E-state index in [9.17, 15) is 33.0 Å². The van der Waals surface area contributed by atoms with Crippen LogP contribution in [0.4, 0.5) is 18.9 Å². The fourth-order valence-electron chi connectivity index (χ4n) is 5.28. The van der Waals surface area contributed by atoms with Gasteiger partial charge in [0, 0.05) is 28.6 Å². The molecule has 4 N–H and O–H groups in total. The minimum Gasteiger partial charge on any atom is -0.481 e. The summed E-state index contributed by atoms with van der Waals surface area (Å²) in [4.78, 5) is 25.0. The van der Waals surface area contributed by atoms with Gasteiger partial charge in [0.2, 0.25) is 0 Å². The van der Waals surface area contributed by atoms with Crippen molar-refractivity contribution in [1.29, 1.82) is 0 Å². The molecule has 0 radical (unpaired) electrons. The highest BCUT2D eigenvalue weighted by atomic mass is 19.1. The van der Waals surface area contributed by atoms with Crippen molar-refractivity contribution in [2.24, 2.45) is 0 Å². The van der Waals surface area contributed by atoms with E-state index in [2.05, 4.69) is 5.32 Å². The Bertz CT molecular complexity index is 1580. The number of aliphatic hydroxyl groups excluding tert-OH is 2. The number of aromatic nitrogens is 1. The number of carboxylic acid groups (broad SMARTS) is 1. The average molecular weight is 595 g/mol. The van der Waals surface area contributed by atoms with Gasteiger partial charge < -0.3 is 25.2 Å². The molecule has 4 aromatic rings. The molecule has 0 aliphatic rings. The number of hydrogen-bond donors (Lipinski definition) is 4. The minimum atomic E-state index is -1.25. The van der Waals surface area contributed by atoms with Crippen molar-refractivity contribution >= 4 is 17.6 Å². The number of aliphatic carboxylic acids is 1. The minimum absolute atomic E-state index is 0.107. The van der Waals surface area contributed by atoms with Gasteiger partial charge in [0.1, 0.15) is 23.1 Å². The standard InChI is InChI=1S/C33H33F3N2O5/c1-19(2)38-28(15-14-26(39)17-27(40)18-29(41)42)30(20-6-10-22(34)11-7-20)31(21-8-12-23(35)13-9-21)32(38)33(43)37-25-5-3-4-24(36)16-25/h3-13,16,19,26-27,39-40H,14-15,17-18H2,1-2H3,(H,37,43)(H,41,42)/t26-,27-/m1/s1. The van der Waals surface area contributed by atoms with E-state index in [1.165, 1.54) is 54.6 Å². The van der Waals surface area contributed by atoms with E-state index in [0.29, 0.717) is 27.9 Å². The van der Waals surface area contributed by atoms with Crippen LogP contribution in [0.2, 0.25) is 0 Å². The Hall–Kier alpha value is -4.41. The summed E-state index contributed by atoms with van der Waals surface area (Å²) in [5, 5.41) is 32.5. The molecule has 1 heterocycles. The maximum absolute atomic E-state index is 14.0. The van der Waals surface area contributed by atoms with Gasteiger partial charge in [0.15, 0.2) is 0 Å². The number of amides is 1. The molecule has 1 aromatic heterocycles. The largest absolute Gasteiger partial charge is 0.481 e. The first-order chi connectivity index (χ1) is 20.4. The molecule has 226 valence electrons. The monoisotopic (exact) mass is 594 g/mol. The summed E-state index contributed by atoms with van der Waals surface area (Å²) in [7, 11) is 0. The Morgan fingerprint density at radius 3 is 1.93 bits per heavy atom. The third kappa shape index (κ3) is 7.71. The van der Waals surface area contributed by atoms with Crippen molar-refractivity contribution in [3.05, 3.63) is 102 Å². The van der Waals surface area contributed by atoms with Crippen molar-refractivity contribution in [2.75, 3.05) is 5.32 Å². The second-order valence-corrected chi connectivity index (χ2v) is 10.7. The molecule has 1 amide bonds. The fourth-order valence-corrected chi connectivity index (χ4v) is 5.28. The maximum Gasteiger partial charge on any atom is 0.305 e. The zero-order valence-corrected chi connectivity index (χ0v) is 23.7. The highest BCUT2D eigenvalue weighted by Crippen LogP contribution is 2.43. The average Bonchev–Trinajstić information content (AvgIpc) is 3.28. The van der Waals surface area contributed by atoms with E-state index in [-0.39, 0.29) is 36.7 Å². The summed E-state index contributed by atoms with van der Waals surface area (Å²) < 4.78 is 43.8. The number of nitrogens with zero attached hydrogens (tertiary/aromatic N) is 1. The number of rotatable bonds is 12. The summed E-state index contributed by atoms with van der Waals surface area (Å²) in [5.41, 5.74) is 3.09. The van der Waals surface area contributed by atoms with Gasteiger partial charge in [-0.25, -0.2) is 13.2 Å². The number of carboxylic acids is 1. The summed E-state index contributed by atoms with van der Waals surface area (Å²) in [6.45, 7) is 3.72. The van der Waals surface area contributed by atoms with Crippen LogP contribution in [0.25, 0.3) is 22.3 Å². The van der Waals surface area contributed by atoms with E-state index < -0.39 is 48.0 Å². The second kappa shape index (κ2) is 13.7. The molecule has 0 unspecified atom stereocenters. The fraction of sp³-hybridized carbons (Fsp3) is 0.273. The topological polar surface area (TPSA) is 112 Å². The molecule has 2 atom stereocenters. The number of nitrogens with one attached hydrogen (secondary N) is 1. The summed E-state index contributed by atoms with van der Waals surface area (Å²) in [6, 6.07) is 16.4. The maximum atomic E-state index is 14.0. The quantitative estimate of drug-likeness (QED) is 0.148. The number of aliphatic hydroxyl groups is 2. The molecule has 0 spiro atoms. The van der Waals surface area contributed by atoms with E-state index in [4.69, 9.17) is 5.11 Å². The smallest absolute Gasteiger partial charge is 0.305 e. The van der Waals surface area contributed by atoms with Gasteiger partial charge in [-0.05, 0) is 86.7 Å². The lowest BCUT2D eigenvalue weighted by Gasteiger charge is -2.20. The first kappa shape index (κ1) is 31.5. The van der Waals surface area contributed by atoms with Crippen LogP contribution < -0.4 is 5.32 Å². The van der Waals surface area contributed by atoms with Crippen molar-refractivity contribution in [2.45, 2.75) is 57.8 Å². The number of carbonyl (C=O) groups excluding carboxylic acids is 1. The van der Waals surface area contributed by atoms with Gasteiger partial charge in [-0.2, -0.15) is 0 Å². The van der Waals surface area contributed by atoms with Crippen molar-refractivity contribution in [1.82, 2.24) is 4.57 Å². The SMILES string of the molecule is CC(C)n1c(CC[C@@H](O)C[C@@H](O)CC(=O)O)c(-c2ccc(F)cc2)c(-c2ccc(F)cc2)c1C(=O)Nc1cccc(F)c1. The first-order valence-electron chi connectivity index (χ1n) is 13.9. The van der Waals surface area contributed by atoms with E-state index >= 15 is 0 Å². The lowest BCUT2D eigenvalue weighted by molar-refractivity contribution is -0.139. The third-order valence-corrected chi connectivity index (χ3v) is 7.06. The number of hydrogen-bond acceptors (Lipinski definition) is 4. The van der Waals surface area contributed by atoms with Crippen LogP contribution in [0.3, 0.4) is 0 Å². The predicted octanol–water partition coefficient (Wildman–Crippen LogP) is 6.59. The number of anilines is 1. The normalized spacial score (nSPS) is 12.7. The van der Waals surface area contributed by atoms with Gasteiger partial charge in [-0.1, -0.05) is 30.3 Å². The molecule has 7 nitrogen and oxygen atoms in total. The van der Waals surface area contributed by atoms with Crippen molar-refractivity contribution in [3.63, 3.8) is 0 Å². The molecular formula is C33H33F3N2O5. The van der Waals surface area contributed by atoms with Crippen LogP contribution in [0.1, 0.15) is 55.3 Å². The van der Waals surface area contributed by atoms with Crippen molar-refractivity contribution < 1.29 is 38.1 Å². The lowest BCUT2D eigenvalue weighted by Crippen LogP contribution is -2.22. The van der Waals surface area contributed by atoms with E-state index in [1.807, 2.05) is 13.8 Å². The van der Waals surface area contributed by atoms with E-state index in [1.54, 1.807) is 22.8 Å². The Morgan fingerprint density at radius 1 is 0.814 bits per heavy atom. The van der Waals surface area contributed by atoms with Crippen LogP contribution in [0.5, 0.6) is 0 Å². The van der Waals surface area contributed by atoms with E-state index in [0.717, 1.165) is 0 Å². The molecule has 43 heavy (non-hydrogen) atoms. The third-order valence-electron chi connectivity index (χ3n) is 7.06. The predicted molar refractivity (Wildman–Crippen MR) is 157 cm³/mol. The van der Waals surface area contributed by atoms with Crippen LogP contribution in [-0.2, 0) is 11.2 Å². The lowest BCUT2D eigenvalue weighted by atomic mass is 9.92. The zero-order chi connectivity index (χ0) is 31.3. The van der Waals surface area contributed by atoms with Gasteiger partial charge in [-0.15, -0.1) is 0 Å². The Balaban J connectivity index is 1.92. The first-order valence-corrected chi connectivity index (χ1v) is 13.9. The molecule has 0 aliphatic heterocycles. The second-order valence-electron chi connectivity index (χ2n) is 10.7. The van der Waals surface area contributed by atoms with Crippen LogP contribution in [-0.4, -0.2) is 44.0 Å². The molecule has 0 saturated heterocycles. The number of carbonyl (C=O) groups is 2. The van der Waals surface area contributed by atoms with Crippen LogP contribution in [0.15, 0.2) is 72.8 Å². The molecule has 0 aliphatic carbocycles. The number of benzene rings is 3. The number of halogens is 3. The summed E-state index contributed by atoms with van der Waals surface area (Å²) >= 11 is 0. The highest BCUT2D eigenvalue weighted by molar-refractivity contribution is 6.11. The summed E-state index contributed by atoms with van der Waals surface area (Å²) in [6.07, 6.45) is -2.70. The molecule has 0 saturated carbocycles. The van der Waals surface area contributed by atoms with Crippen LogP contribution >= 0.6 is 0 Å². The molecule has 4 rings (SSSR count). The molecule has 3 aromatic carbocycles. The van der Waals surface area contributed by atoms with Gasteiger partial charge in [-0.3, -0.25) is 9.59 Å². The van der Waals surface area contributed by atoms with Gasteiger partial charge in [0.25, 0.3) is 5.91 Å². The Kier molecular flexibility index (Phi) is 10.1. The molecule has 0 fully saturated rings. The summed E-state index contributed by atoms with van der Waals surface area (Å²) in [5.74, 6) is -3.24. The Morgan fingerprint density at radius 2 is 1.40 bits per heavy atom. The molecular weight excluding hydrogens is 561 g/mol. The van der Waals surface area contributed by atoms with Gasteiger partial charge >= 0.3 is 5.97 Å². The molecule has 0 bridgehead atoms. The zero-order valence-electron chi connectivity index (χ0n) is 23.7.